The Morgan fingerprint density at radius 1 is 1.00 bits per heavy atom. The number of amides is 1. The van der Waals surface area contributed by atoms with Gasteiger partial charge in [-0.3, -0.25) is 4.79 Å². The minimum atomic E-state index is -0.0425. The van der Waals surface area contributed by atoms with E-state index in [4.69, 9.17) is 4.52 Å². The molecule has 0 aliphatic heterocycles. The molecule has 0 aliphatic carbocycles. The van der Waals surface area contributed by atoms with Crippen LogP contribution in [0.25, 0.3) is 0 Å². The summed E-state index contributed by atoms with van der Waals surface area (Å²) in [7, 11) is 0. The highest BCUT2D eigenvalue weighted by molar-refractivity contribution is 5.90. The molecule has 2 aromatic carbocycles. The number of aromatic nitrogens is 1. The van der Waals surface area contributed by atoms with Crippen molar-refractivity contribution >= 4 is 11.6 Å². The van der Waals surface area contributed by atoms with Crippen LogP contribution in [0.1, 0.15) is 49.8 Å². The van der Waals surface area contributed by atoms with Crippen LogP contribution in [0.5, 0.6) is 0 Å². The lowest BCUT2D eigenvalue weighted by atomic mass is 9.93. The SMILES string of the molecule is CC(C)(C)c1cc(Cc2ccc(NC(=O)CCc3ccccc3)cc2)no1. The van der Waals surface area contributed by atoms with Crippen molar-refractivity contribution in [3.8, 4) is 0 Å². The summed E-state index contributed by atoms with van der Waals surface area (Å²) >= 11 is 0. The summed E-state index contributed by atoms with van der Waals surface area (Å²) in [4.78, 5) is 12.1. The molecular weight excluding hydrogens is 336 g/mol. The molecule has 1 N–H and O–H groups in total. The van der Waals surface area contributed by atoms with Crippen LogP contribution in [0.2, 0.25) is 0 Å². The van der Waals surface area contributed by atoms with Crippen molar-refractivity contribution in [3.63, 3.8) is 0 Å². The third kappa shape index (κ3) is 5.55. The highest BCUT2D eigenvalue weighted by Crippen LogP contribution is 2.23. The molecule has 0 unspecified atom stereocenters. The molecule has 3 aromatic rings. The fraction of sp³-hybridized carbons (Fsp3) is 0.304. The summed E-state index contributed by atoms with van der Waals surface area (Å²) < 4.78 is 5.43. The van der Waals surface area contributed by atoms with E-state index in [0.29, 0.717) is 12.8 Å². The van der Waals surface area contributed by atoms with Gasteiger partial charge >= 0.3 is 0 Å². The van der Waals surface area contributed by atoms with Gasteiger partial charge in [0, 0.05) is 30.0 Å². The topological polar surface area (TPSA) is 55.1 Å². The van der Waals surface area contributed by atoms with Crippen molar-refractivity contribution in [1.82, 2.24) is 5.16 Å². The fourth-order valence-electron chi connectivity index (χ4n) is 2.79. The van der Waals surface area contributed by atoms with Gasteiger partial charge in [0.25, 0.3) is 0 Å². The Balaban J connectivity index is 1.52. The predicted octanol–water partition coefficient (Wildman–Crippen LogP) is 5.13. The van der Waals surface area contributed by atoms with Gasteiger partial charge < -0.3 is 9.84 Å². The standard InChI is InChI=1S/C23H26N2O2/c1-23(2,3)21-16-20(25-27-21)15-18-9-12-19(13-10-18)24-22(26)14-11-17-7-5-4-6-8-17/h4-10,12-13,16H,11,14-15H2,1-3H3,(H,24,26). The van der Waals surface area contributed by atoms with Crippen molar-refractivity contribution in [2.45, 2.75) is 45.4 Å². The van der Waals surface area contributed by atoms with Crippen molar-refractivity contribution in [2.75, 3.05) is 5.32 Å². The van der Waals surface area contributed by atoms with Gasteiger partial charge in [-0.15, -0.1) is 0 Å². The van der Waals surface area contributed by atoms with E-state index in [1.807, 2.05) is 60.7 Å². The first-order valence-corrected chi connectivity index (χ1v) is 9.29. The van der Waals surface area contributed by atoms with Crippen molar-refractivity contribution in [3.05, 3.63) is 83.2 Å². The smallest absolute Gasteiger partial charge is 0.224 e. The summed E-state index contributed by atoms with van der Waals surface area (Å²) in [5.74, 6) is 0.915. The Morgan fingerprint density at radius 2 is 1.70 bits per heavy atom. The predicted molar refractivity (Wildman–Crippen MR) is 108 cm³/mol. The first-order valence-electron chi connectivity index (χ1n) is 9.29. The number of benzene rings is 2. The summed E-state index contributed by atoms with van der Waals surface area (Å²) in [6, 6.07) is 19.9. The van der Waals surface area contributed by atoms with E-state index in [1.54, 1.807) is 0 Å². The summed E-state index contributed by atoms with van der Waals surface area (Å²) in [5, 5.41) is 7.11. The molecule has 0 bridgehead atoms. The molecule has 1 amide bonds. The van der Waals surface area contributed by atoms with Crippen LogP contribution in [0.15, 0.2) is 65.2 Å². The van der Waals surface area contributed by atoms with E-state index < -0.39 is 0 Å². The number of nitrogens with zero attached hydrogens (tertiary/aromatic N) is 1. The maximum atomic E-state index is 12.1. The van der Waals surface area contributed by atoms with E-state index in [9.17, 15) is 4.79 Å². The lowest BCUT2D eigenvalue weighted by Gasteiger charge is -2.12. The van der Waals surface area contributed by atoms with E-state index >= 15 is 0 Å². The molecule has 0 saturated heterocycles. The molecule has 0 atom stereocenters. The maximum absolute atomic E-state index is 12.1. The minimum Gasteiger partial charge on any atom is -0.361 e. The van der Waals surface area contributed by atoms with Gasteiger partial charge in [0.2, 0.25) is 5.91 Å². The summed E-state index contributed by atoms with van der Waals surface area (Å²) in [6.07, 6.45) is 1.93. The molecule has 4 nitrogen and oxygen atoms in total. The van der Waals surface area contributed by atoms with E-state index in [0.717, 1.165) is 29.1 Å². The molecule has 1 heterocycles. The second kappa shape index (κ2) is 8.21. The van der Waals surface area contributed by atoms with Crippen LogP contribution in [0.4, 0.5) is 5.69 Å². The number of hydrogen-bond donors (Lipinski definition) is 1. The average molecular weight is 362 g/mol. The fourth-order valence-corrected chi connectivity index (χ4v) is 2.79. The molecule has 1 aromatic heterocycles. The van der Waals surface area contributed by atoms with Gasteiger partial charge in [-0.05, 0) is 29.7 Å². The molecule has 0 saturated carbocycles. The quantitative estimate of drug-likeness (QED) is 0.661. The van der Waals surface area contributed by atoms with E-state index in [-0.39, 0.29) is 11.3 Å². The molecule has 4 heteroatoms. The molecule has 0 spiro atoms. The Hall–Kier alpha value is -2.88. The molecule has 0 radical (unpaired) electrons. The largest absolute Gasteiger partial charge is 0.361 e. The number of anilines is 1. The Labute approximate surface area is 160 Å². The third-order valence-electron chi connectivity index (χ3n) is 4.40. The van der Waals surface area contributed by atoms with E-state index in [1.165, 1.54) is 5.56 Å². The van der Waals surface area contributed by atoms with Gasteiger partial charge in [0.05, 0.1) is 5.69 Å². The zero-order valence-corrected chi connectivity index (χ0v) is 16.2. The van der Waals surface area contributed by atoms with Gasteiger partial charge in [-0.1, -0.05) is 68.4 Å². The first-order chi connectivity index (χ1) is 12.9. The zero-order chi connectivity index (χ0) is 19.3. The Kier molecular flexibility index (Phi) is 5.75. The van der Waals surface area contributed by atoms with Crippen LogP contribution in [0, 0.1) is 0 Å². The summed E-state index contributed by atoms with van der Waals surface area (Å²) in [5.41, 5.74) is 3.99. The highest BCUT2D eigenvalue weighted by atomic mass is 16.5. The van der Waals surface area contributed by atoms with Gasteiger partial charge in [-0.2, -0.15) is 0 Å². The highest BCUT2D eigenvalue weighted by Gasteiger charge is 2.19. The van der Waals surface area contributed by atoms with Crippen LogP contribution >= 0.6 is 0 Å². The second-order valence-corrected chi connectivity index (χ2v) is 7.84. The molecule has 140 valence electrons. The minimum absolute atomic E-state index is 0.0259. The molecular formula is C23H26N2O2. The van der Waals surface area contributed by atoms with Gasteiger partial charge in [0.1, 0.15) is 5.76 Å². The van der Waals surface area contributed by atoms with Crippen LogP contribution in [0.3, 0.4) is 0 Å². The molecule has 3 rings (SSSR count). The zero-order valence-electron chi connectivity index (χ0n) is 16.2. The molecule has 0 fully saturated rings. The number of nitrogens with one attached hydrogen (secondary N) is 1. The molecule has 27 heavy (non-hydrogen) atoms. The van der Waals surface area contributed by atoms with E-state index in [2.05, 4.69) is 31.2 Å². The number of hydrogen-bond acceptors (Lipinski definition) is 3. The van der Waals surface area contributed by atoms with Gasteiger partial charge in [-0.25, -0.2) is 0 Å². The molecule has 0 aliphatic rings. The Morgan fingerprint density at radius 3 is 2.33 bits per heavy atom. The monoisotopic (exact) mass is 362 g/mol. The van der Waals surface area contributed by atoms with Crippen LogP contribution in [-0.2, 0) is 23.1 Å². The average Bonchev–Trinajstić information content (AvgIpc) is 3.12. The Bertz CT molecular complexity index is 875. The lowest BCUT2D eigenvalue weighted by molar-refractivity contribution is -0.116. The normalized spacial score (nSPS) is 11.4. The third-order valence-corrected chi connectivity index (χ3v) is 4.40. The second-order valence-electron chi connectivity index (χ2n) is 7.84. The number of aryl methyl sites for hydroxylation is 1. The number of carbonyl (C=O) groups is 1. The number of carbonyl (C=O) groups excluding carboxylic acids is 1. The van der Waals surface area contributed by atoms with Crippen LogP contribution in [-0.4, -0.2) is 11.1 Å². The summed E-state index contributed by atoms with van der Waals surface area (Å²) in [6.45, 7) is 6.31. The number of rotatable bonds is 6. The lowest BCUT2D eigenvalue weighted by Crippen LogP contribution is -2.12. The first kappa shape index (κ1) is 18.9. The van der Waals surface area contributed by atoms with Gasteiger partial charge in [0.15, 0.2) is 0 Å². The maximum Gasteiger partial charge on any atom is 0.224 e. The van der Waals surface area contributed by atoms with Crippen molar-refractivity contribution < 1.29 is 9.32 Å². The van der Waals surface area contributed by atoms with Crippen molar-refractivity contribution in [2.24, 2.45) is 0 Å². The van der Waals surface area contributed by atoms with Crippen LogP contribution < -0.4 is 5.32 Å². The van der Waals surface area contributed by atoms with Crippen molar-refractivity contribution in [1.29, 1.82) is 0 Å².